The number of rotatable bonds is 7. The van der Waals surface area contributed by atoms with Crippen LogP contribution in [-0.4, -0.2) is 33.7 Å². The van der Waals surface area contributed by atoms with E-state index in [1.807, 2.05) is 50.2 Å². The molecule has 0 spiro atoms. The Morgan fingerprint density at radius 2 is 1.80 bits per heavy atom. The first-order valence-corrected chi connectivity index (χ1v) is 9.98. The molecule has 0 radical (unpaired) electrons. The molecule has 0 bridgehead atoms. The number of carbonyl (C=O) groups is 1. The highest BCUT2D eigenvalue weighted by molar-refractivity contribution is 7.92. The third-order valence-corrected chi connectivity index (χ3v) is 5.09. The first-order valence-electron chi connectivity index (χ1n) is 8.13. The lowest BCUT2D eigenvalue weighted by Gasteiger charge is -2.22. The number of sulfonamides is 1. The molecular weight excluding hydrogens is 336 g/mol. The molecule has 0 aliphatic carbocycles. The summed E-state index contributed by atoms with van der Waals surface area (Å²) in [6.07, 6.45) is 1.11. The number of nitrogens with zero attached hydrogens (tertiary/aromatic N) is 1. The summed E-state index contributed by atoms with van der Waals surface area (Å²) < 4.78 is 25.3. The average Bonchev–Trinajstić information content (AvgIpc) is 2.57. The number of benzene rings is 2. The minimum absolute atomic E-state index is 0.149. The summed E-state index contributed by atoms with van der Waals surface area (Å²) in [5, 5.41) is 2.82. The molecule has 1 N–H and O–H groups in total. The first kappa shape index (κ1) is 19.0. The van der Waals surface area contributed by atoms with Gasteiger partial charge in [-0.2, -0.15) is 0 Å². The summed E-state index contributed by atoms with van der Waals surface area (Å²) >= 11 is 0. The summed E-state index contributed by atoms with van der Waals surface area (Å²) in [4.78, 5) is 12.3. The summed E-state index contributed by atoms with van der Waals surface area (Å²) in [6, 6.07) is 17.0. The van der Waals surface area contributed by atoms with Gasteiger partial charge < -0.3 is 5.32 Å². The lowest BCUT2D eigenvalue weighted by atomic mass is 10.0. The Balaban J connectivity index is 2.03. The third kappa shape index (κ3) is 5.60. The van der Waals surface area contributed by atoms with Crippen molar-refractivity contribution in [1.82, 2.24) is 5.32 Å². The molecule has 2 aromatic rings. The Morgan fingerprint density at radius 1 is 1.12 bits per heavy atom. The van der Waals surface area contributed by atoms with E-state index >= 15 is 0 Å². The van der Waals surface area contributed by atoms with Crippen LogP contribution in [0, 0.1) is 6.92 Å². The van der Waals surface area contributed by atoms with Crippen LogP contribution in [-0.2, 0) is 14.8 Å². The van der Waals surface area contributed by atoms with Crippen molar-refractivity contribution < 1.29 is 13.2 Å². The molecule has 1 amide bonds. The fourth-order valence-electron chi connectivity index (χ4n) is 2.54. The highest BCUT2D eigenvalue weighted by Gasteiger charge is 2.21. The molecule has 0 fully saturated rings. The second-order valence-electron chi connectivity index (χ2n) is 6.22. The molecule has 6 heteroatoms. The molecule has 25 heavy (non-hydrogen) atoms. The summed E-state index contributed by atoms with van der Waals surface area (Å²) in [5.74, 6) is -0.175. The molecule has 0 heterocycles. The number of anilines is 1. The van der Waals surface area contributed by atoms with Gasteiger partial charge in [0.25, 0.3) is 0 Å². The zero-order valence-electron chi connectivity index (χ0n) is 14.8. The molecule has 5 nitrogen and oxygen atoms in total. The highest BCUT2D eigenvalue weighted by atomic mass is 32.2. The molecule has 1 atom stereocenters. The largest absolute Gasteiger partial charge is 0.354 e. The Kier molecular flexibility index (Phi) is 6.20. The second kappa shape index (κ2) is 8.16. The Morgan fingerprint density at radius 3 is 2.40 bits per heavy atom. The number of amides is 1. The minimum atomic E-state index is -3.55. The standard InChI is InChI=1S/C19H24N2O3S/c1-15-8-7-11-18(12-15)21(25(3,23)24)14-19(22)20-13-16(2)17-9-5-4-6-10-17/h4-12,16H,13-14H2,1-3H3,(H,20,22)/t16-/m0/s1. The molecule has 134 valence electrons. The normalized spacial score (nSPS) is 12.4. The molecule has 0 unspecified atom stereocenters. The molecule has 2 rings (SSSR count). The maximum Gasteiger partial charge on any atom is 0.240 e. The molecule has 0 saturated carbocycles. The first-order chi connectivity index (χ1) is 11.8. The zero-order chi connectivity index (χ0) is 18.4. The minimum Gasteiger partial charge on any atom is -0.354 e. The lowest BCUT2D eigenvalue weighted by molar-refractivity contribution is -0.119. The van der Waals surface area contributed by atoms with E-state index in [0.29, 0.717) is 12.2 Å². The van der Waals surface area contributed by atoms with E-state index in [4.69, 9.17) is 0 Å². The van der Waals surface area contributed by atoms with Crippen molar-refractivity contribution in [3.8, 4) is 0 Å². The number of carbonyl (C=O) groups excluding carboxylic acids is 1. The van der Waals surface area contributed by atoms with Crippen LogP contribution in [0.1, 0.15) is 24.0 Å². The van der Waals surface area contributed by atoms with Crippen LogP contribution < -0.4 is 9.62 Å². The number of hydrogen-bond acceptors (Lipinski definition) is 3. The lowest BCUT2D eigenvalue weighted by Crippen LogP contribution is -2.41. The van der Waals surface area contributed by atoms with Gasteiger partial charge >= 0.3 is 0 Å². The van der Waals surface area contributed by atoms with Crippen molar-refractivity contribution in [2.75, 3.05) is 23.7 Å². The van der Waals surface area contributed by atoms with Gasteiger partial charge in [0, 0.05) is 6.54 Å². The Hall–Kier alpha value is -2.34. The SMILES string of the molecule is Cc1cccc(N(CC(=O)NC[C@H](C)c2ccccc2)S(C)(=O)=O)c1. The molecule has 0 aliphatic heterocycles. The van der Waals surface area contributed by atoms with E-state index in [1.54, 1.807) is 18.2 Å². The van der Waals surface area contributed by atoms with E-state index in [0.717, 1.165) is 21.7 Å². The van der Waals surface area contributed by atoms with Crippen molar-refractivity contribution in [3.63, 3.8) is 0 Å². The molecule has 0 aliphatic rings. The van der Waals surface area contributed by atoms with Crippen molar-refractivity contribution in [3.05, 3.63) is 65.7 Å². The molecule has 0 aromatic heterocycles. The van der Waals surface area contributed by atoms with Crippen molar-refractivity contribution in [1.29, 1.82) is 0 Å². The maximum atomic E-state index is 12.3. The summed E-state index contributed by atoms with van der Waals surface area (Å²) in [7, 11) is -3.55. The van der Waals surface area contributed by atoms with Crippen LogP contribution in [0.3, 0.4) is 0 Å². The van der Waals surface area contributed by atoms with E-state index in [9.17, 15) is 13.2 Å². The highest BCUT2D eigenvalue weighted by Crippen LogP contribution is 2.18. The molecule has 0 saturated heterocycles. The number of nitrogens with one attached hydrogen (secondary N) is 1. The molecule has 2 aromatic carbocycles. The van der Waals surface area contributed by atoms with Gasteiger partial charge in [-0.3, -0.25) is 9.10 Å². The van der Waals surface area contributed by atoms with Crippen LogP contribution in [0.4, 0.5) is 5.69 Å². The Bertz CT molecular complexity index is 820. The van der Waals surface area contributed by atoms with Gasteiger partial charge in [-0.25, -0.2) is 8.42 Å². The predicted molar refractivity (Wildman–Crippen MR) is 101 cm³/mol. The van der Waals surface area contributed by atoms with Gasteiger partial charge in [-0.15, -0.1) is 0 Å². The topological polar surface area (TPSA) is 66.5 Å². The van der Waals surface area contributed by atoms with Crippen LogP contribution in [0.2, 0.25) is 0 Å². The maximum absolute atomic E-state index is 12.3. The van der Waals surface area contributed by atoms with E-state index in [-0.39, 0.29) is 18.4 Å². The van der Waals surface area contributed by atoms with E-state index < -0.39 is 10.0 Å². The van der Waals surface area contributed by atoms with Gasteiger partial charge in [-0.1, -0.05) is 49.4 Å². The summed E-state index contributed by atoms with van der Waals surface area (Å²) in [5.41, 5.74) is 2.56. The van der Waals surface area contributed by atoms with Crippen LogP contribution >= 0.6 is 0 Å². The van der Waals surface area contributed by atoms with Crippen molar-refractivity contribution >= 4 is 21.6 Å². The third-order valence-electron chi connectivity index (χ3n) is 3.95. The predicted octanol–water partition coefficient (Wildman–Crippen LogP) is 2.68. The van der Waals surface area contributed by atoms with E-state index in [1.165, 1.54) is 0 Å². The summed E-state index contributed by atoms with van der Waals surface area (Å²) in [6.45, 7) is 4.12. The molecular formula is C19H24N2O3S. The fourth-order valence-corrected chi connectivity index (χ4v) is 3.38. The quantitative estimate of drug-likeness (QED) is 0.825. The Labute approximate surface area is 149 Å². The monoisotopic (exact) mass is 360 g/mol. The van der Waals surface area contributed by atoms with Crippen molar-refractivity contribution in [2.45, 2.75) is 19.8 Å². The van der Waals surface area contributed by atoms with Crippen molar-refractivity contribution in [2.24, 2.45) is 0 Å². The zero-order valence-corrected chi connectivity index (χ0v) is 15.6. The number of aryl methyl sites for hydroxylation is 1. The average molecular weight is 360 g/mol. The smallest absolute Gasteiger partial charge is 0.240 e. The van der Waals surface area contributed by atoms with Gasteiger partial charge in [0.1, 0.15) is 6.54 Å². The van der Waals surface area contributed by atoms with Gasteiger partial charge in [-0.05, 0) is 36.1 Å². The van der Waals surface area contributed by atoms with Gasteiger partial charge in [0.2, 0.25) is 15.9 Å². The van der Waals surface area contributed by atoms with Gasteiger partial charge in [0.05, 0.1) is 11.9 Å². The van der Waals surface area contributed by atoms with Crippen LogP contribution in [0.5, 0.6) is 0 Å². The fraction of sp³-hybridized carbons (Fsp3) is 0.316. The van der Waals surface area contributed by atoms with Crippen LogP contribution in [0.15, 0.2) is 54.6 Å². The number of hydrogen-bond donors (Lipinski definition) is 1. The van der Waals surface area contributed by atoms with Crippen LogP contribution in [0.25, 0.3) is 0 Å². The second-order valence-corrected chi connectivity index (χ2v) is 8.13. The van der Waals surface area contributed by atoms with E-state index in [2.05, 4.69) is 5.32 Å². The van der Waals surface area contributed by atoms with Gasteiger partial charge in [0.15, 0.2) is 0 Å².